The van der Waals surface area contributed by atoms with Crippen molar-refractivity contribution in [2.45, 2.75) is 25.8 Å². The lowest BCUT2D eigenvalue weighted by Gasteiger charge is -2.10. The van der Waals surface area contributed by atoms with E-state index < -0.39 is 0 Å². The van der Waals surface area contributed by atoms with Crippen molar-refractivity contribution in [1.29, 1.82) is 0 Å². The smallest absolute Gasteiger partial charge is 0.267 e. The van der Waals surface area contributed by atoms with Gasteiger partial charge in [0.1, 0.15) is 11.5 Å². The highest BCUT2D eigenvalue weighted by Gasteiger charge is 2.11. The lowest BCUT2D eigenvalue weighted by atomic mass is 10.1. The van der Waals surface area contributed by atoms with E-state index in [-0.39, 0.29) is 5.91 Å². The molecule has 1 N–H and O–H groups in total. The highest BCUT2D eigenvalue weighted by atomic mass is 16.1. The van der Waals surface area contributed by atoms with Crippen LogP contribution >= 0.6 is 0 Å². The van der Waals surface area contributed by atoms with E-state index in [0.29, 0.717) is 12.2 Å². The van der Waals surface area contributed by atoms with Crippen molar-refractivity contribution in [3.8, 4) is 0 Å². The molecule has 0 saturated heterocycles. The fourth-order valence-electron chi connectivity index (χ4n) is 3.67. The monoisotopic (exact) mass is 386 g/mol. The summed E-state index contributed by atoms with van der Waals surface area (Å²) in [4.78, 5) is 17.3. The van der Waals surface area contributed by atoms with Crippen molar-refractivity contribution < 1.29 is 4.79 Å². The maximum atomic E-state index is 12.6. The summed E-state index contributed by atoms with van der Waals surface area (Å²) in [6.07, 6.45) is 4.56. The third-order valence-corrected chi connectivity index (χ3v) is 5.29. The number of aryl methyl sites for hydroxylation is 4. The van der Waals surface area contributed by atoms with Gasteiger partial charge in [0.2, 0.25) is 0 Å². The molecule has 0 fully saturated rings. The van der Waals surface area contributed by atoms with Gasteiger partial charge >= 0.3 is 0 Å². The fraction of sp³-hybridized carbons (Fsp3) is 0.250. The summed E-state index contributed by atoms with van der Waals surface area (Å²) in [6, 6.07) is 22.3. The number of amides is 1. The second-order valence-electron chi connectivity index (χ2n) is 7.26. The lowest BCUT2D eigenvalue weighted by Crippen LogP contribution is -2.27. The van der Waals surface area contributed by atoms with Crippen LogP contribution in [0.25, 0.3) is 11.0 Å². The Morgan fingerprint density at radius 1 is 0.966 bits per heavy atom. The minimum Gasteiger partial charge on any atom is -0.351 e. The molecular formula is C24H26N4O. The Morgan fingerprint density at radius 2 is 1.76 bits per heavy atom. The van der Waals surface area contributed by atoms with Crippen LogP contribution in [0.4, 0.5) is 0 Å². The largest absolute Gasteiger partial charge is 0.351 e. The number of hydrogen-bond donors (Lipinski definition) is 1. The molecule has 5 heteroatoms. The van der Waals surface area contributed by atoms with E-state index in [1.54, 1.807) is 0 Å². The van der Waals surface area contributed by atoms with Crippen LogP contribution in [-0.2, 0) is 26.4 Å². The zero-order valence-corrected chi connectivity index (χ0v) is 16.7. The van der Waals surface area contributed by atoms with E-state index in [1.807, 2.05) is 66.3 Å². The number of carbonyl (C=O) groups is 1. The first kappa shape index (κ1) is 19.0. The number of nitrogens with zero attached hydrogens (tertiary/aromatic N) is 3. The van der Waals surface area contributed by atoms with Gasteiger partial charge in [-0.2, -0.15) is 0 Å². The number of hydrogen-bond acceptors (Lipinski definition) is 2. The summed E-state index contributed by atoms with van der Waals surface area (Å²) in [5.74, 6) is 1.03. The molecule has 0 bridgehead atoms. The first-order valence-corrected chi connectivity index (χ1v) is 10.1. The maximum absolute atomic E-state index is 12.6. The van der Waals surface area contributed by atoms with Gasteiger partial charge < -0.3 is 14.5 Å². The Labute approximate surface area is 171 Å². The van der Waals surface area contributed by atoms with E-state index in [1.165, 1.54) is 5.56 Å². The van der Waals surface area contributed by atoms with Gasteiger partial charge in [0.15, 0.2) is 0 Å². The molecule has 4 aromatic rings. The molecule has 29 heavy (non-hydrogen) atoms. The quantitative estimate of drug-likeness (QED) is 0.466. The molecule has 4 rings (SSSR count). The predicted octanol–water partition coefficient (Wildman–Crippen LogP) is 3.98. The van der Waals surface area contributed by atoms with Gasteiger partial charge in [-0.1, -0.05) is 42.5 Å². The number of nitrogens with one attached hydrogen (secondary N) is 1. The molecule has 0 aliphatic carbocycles. The minimum absolute atomic E-state index is 0.0203. The molecule has 2 aromatic heterocycles. The van der Waals surface area contributed by atoms with E-state index in [4.69, 9.17) is 4.98 Å². The third-order valence-electron chi connectivity index (χ3n) is 5.29. The van der Waals surface area contributed by atoms with Crippen molar-refractivity contribution in [1.82, 2.24) is 19.4 Å². The van der Waals surface area contributed by atoms with Crippen LogP contribution in [0, 0.1) is 0 Å². The first-order valence-electron chi connectivity index (χ1n) is 10.1. The molecule has 2 aromatic carbocycles. The normalized spacial score (nSPS) is 11.1. The highest BCUT2D eigenvalue weighted by Crippen LogP contribution is 2.15. The zero-order valence-electron chi connectivity index (χ0n) is 16.7. The molecule has 2 heterocycles. The minimum atomic E-state index is -0.0203. The second kappa shape index (κ2) is 8.78. The molecule has 0 aliphatic heterocycles. The predicted molar refractivity (Wildman–Crippen MR) is 116 cm³/mol. The molecule has 5 nitrogen and oxygen atoms in total. The molecule has 0 saturated carbocycles. The summed E-state index contributed by atoms with van der Waals surface area (Å²) >= 11 is 0. The summed E-state index contributed by atoms with van der Waals surface area (Å²) < 4.78 is 4.15. The average Bonchev–Trinajstić information content (AvgIpc) is 3.35. The number of rotatable bonds is 8. The molecule has 0 radical (unpaired) electrons. The van der Waals surface area contributed by atoms with Crippen molar-refractivity contribution in [3.63, 3.8) is 0 Å². The number of benzene rings is 2. The maximum Gasteiger partial charge on any atom is 0.267 e. The Hall–Kier alpha value is -3.34. The third kappa shape index (κ3) is 4.40. The molecule has 0 unspecified atom stereocenters. The van der Waals surface area contributed by atoms with Gasteiger partial charge in [-0.05, 0) is 42.7 Å². The molecule has 0 aliphatic rings. The highest BCUT2D eigenvalue weighted by molar-refractivity contribution is 5.92. The molecular weight excluding hydrogens is 360 g/mol. The van der Waals surface area contributed by atoms with Gasteiger partial charge in [-0.15, -0.1) is 0 Å². The number of fused-ring (bicyclic) bond motifs is 1. The average molecular weight is 386 g/mol. The SMILES string of the molecule is Cn1c(CCCNC(=O)c2cccn2CCc2ccccc2)nc2ccccc21. The van der Waals surface area contributed by atoms with Crippen LogP contribution in [0.15, 0.2) is 72.9 Å². The number of aromatic nitrogens is 3. The van der Waals surface area contributed by atoms with Crippen LogP contribution in [0.1, 0.15) is 28.3 Å². The van der Waals surface area contributed by atoms with Gasteiger partial charge in [-0.25, -0.2) is 4.98 Å². The Bertz CT molecular complexity index is 1090. The molecule has 1 amide bonds. The van der Waals surface area contributed by atoms with Crippen LogP contribution < -0.4 is 5.32 Å². The summed E-state index contributed by atoms with van der Waals surface area (Å²) in [5, 5.41) is 3.05. The summed E-state index contributed by atoms with van der Waals surface area (Å²) in [7, 11) is 2.04. The van der Waals surface area contributed by atoms with Crippen molar-refractivity contribution in [3.05, 3.63) is 90.0 Å². The van der Waals surface area contributed by atoms with Gasteiger partial charge in [0.25, 0.3) is 5.91 Å². The topological polar surface area (TPSA) is 51.9 Å². The van der Waals surface area contributed by atoms with E-state index >= 15 is 0 Å². The van der Waals surface area contributed by atoms with E-state index in [9.17, 15) is 4.79 Å². The van der Waals surface area contributed by atoms with Crippen molar-refractivity contribution in [2.75, 3.05) is 6.54 Å². The van der Waals surface area contributed by atoms with Crippen LogP contribution in [0.3, 0.4) is 0 Å². The molecule has 148 valence electrons. The molecule has 0 atom stereocenters. The fourth-order valence-corrected chi connectivity index (χ4v) is 3.67. The second-order valence-corrected chi connectivity index (χ2v) is 7.26. The van der Waals surface area contributed by atoms with E-state index in [0.717, 1.165) is 42.7 Å². The lowest BCUT2D eigenvalue weighted by molar-refractivity contribution is 0.0943. The Kier molecular flexibility index (Phi) is 5.75. The number of imidazole rings is 1. The van der Waals surface area contributed by atoms with Crippen LogP contribution in [-0.4, -0.2) is 26.6 Å². The zero-order chi connectivity index (χ0) is 20.1. The van der Waals surface area contributed by atoms with Gasteiger partial charge in [-0.3, -0.25) is 4.79 Å². The van der Waals surface area contributed by atoms with Crippen molar-refractivity contribution in [2.24, 2.45) is 7.05 Å². The van der Waals surface area contributed by atoms with E-state index in [2.05, 4.69) is 28.1 Å². The van der Waals surface area contributed by atoms with Gasteiger partial charge in [0.05, 0.1) is 11.0 Å². The Balaban J connectivity index is 1.29. The van der Waals surface area contributed by atoms with Crippen LogP contribution in [0.5, 0.6) is 0 Å². The molecule has 0 spiro atoms. The summed E-state index contributed by atoms with van der Waals surface area (Å²) in [6.45, 7) is 1.42. The van der Waals surface area contributed by atoms with Crippen LogP contribution in [0.2, 0.25) is 0 Å². The standard InChI is InChI=1S/C24H26N4O/c1-27-21-12-6-5-11-20(21)26-23(27)14-7-16-25-24(29)22-13-8-17-28(22)18-15-19-9-3-2-4-10-19/h2-6,8-13,17H,7,14-16,18H2,1H3,(H,25,29). The number of para-hydroxylation sites is 2. The first-order chi connectivity index (χ1) is 14.2. The van der Waals surface area contributed by atoms with Gasteiger partial charge in [0, 0.05) is 32.8 Å². The Morgan fingerprint density at radius 3 is 2.59 bits per heavy atom. The van der Waals surface area contributed by atoms with Crippen molar-refractivity contribution >= 4 is 16.9 Å². The summed E-state index contributed by atoms with van der Waals surface area (Å²) in [5.41, 5.74) is 4.15. The number of carbonyl (C=O) groups excluding carboxylic acids is 1.